The second-order valence-corrected chi connectivity index (χ2v) is 7.91. The zero-order valence-corrected chi connectivity index (χ0v) is 18.1. The van der Waals surface area contributed by atoms with Crippen LogP contribution in [0.5, 0.6) is 5.75 Å². The predicted molar refractivity (Wildman–Crippen MR) is 120 cm³/mol. The number of nitrogens with one attached hydrogen (secondary N) is 2. The molecule has 1 heterocycles. The largest absolute Gasteiger partial charge is 0.492 e. The van der Waals surface area contributed by atoms with Crippen LogP contribution in [0.4, 0.5) is 16.2 Å². The first kappa shape index (κ1) is 22.0. The Morgan fingerprint density at radius 1 is 1.10 bits per heavy atom. The molecule has 1 atom stereocenters. The average Bonchev–Trinajstić information content (AvgIpc) is 2.76. The summed E-state index contributed by atoms with van der Waals surface area (Å²) in [7, 11) is 0. The van der Waals surface area contributed by atoms with Gasteiger partial charge in [0.15, 0.2) is 0 Å². The van der Waals surface area contributed by atoms with Crippen molar-refractivity contribution in [2.75, 3.05) is 30.3 Å². The lowest BCUT2D eigenvalue weighted by Gasteiger charge is -2.34. The van der Waals surface area contributed by atoms with Crippen molar-refractivity contribution in [2.45, 2.75) is 26.7 Å². The van der Waals surface area contributed by atoms with Crippen molar-refractivity contribution in [2.24, 2.45) is 11.8 Å². The molecule has 2 N–H and O–H groups in total. The Hall–Kier alpha value is -2.73. The molecule has 3 rings (SSSR count). The van der Waals surface area contributed by atoms with Crippen molar-refractivity contribution in [3.8, 4) is 5.75 Å². The van der Waals surface area contributed by atoms with Gasteiger partial charge in [0.25, 0.3) is 0 Å². The van der Waals surface area contributed by atoms with Gasteiger partial charge in [-0.3, -0.25) is 4.79 Å². The van der Waals surface area contributed by atoms with Crippen LogP contribution in [0.25, 0.3) is 0 Å². The molecular weight excluding hydrogens is 402 g/mol. The highest BCUT2D eigenvalue weighted by molar-refractivity contribution is 6.30. The summed E-state index contributed by atoms with van der Waals surface area (Å²) in [6.07, 6.45) is 1.57. The van der Waals surface area contributed by atoms with Crippen molar-refractivity contribution < 1.29 is 14.3 Å². The fourth-order valence-electron chi connectivity index (χ4n) is 3.65. The molecule has 160 valence electrons. The van der Waals surface area contributed by atoms with E-state index in [-0.39, 0.29) is 23.8 Å². The summed E-state index contributed by atoms with van der Waals surface area (Å²) in [5.41, 5.74) is 1.41. The molecule has 0 radical (unpaired) electrons. The second kappa shape index (κ2) is 10.3. The molecule has 1 aliphatic heterocycles. The lowest BCUT2D eigenvalue weighted by molar-refractivity contribution is -0.121. The van der Waals surface area contributed by atoms with Gasteiger partial charge in [-0.2, -0.15) is 0 Å². The average molecular weight is 430 g/mol. The number of nitrogens with zero attached hydrogens (tertiary/aromatic N) is 1. The molecule has 3 amide bonds. The maximum atomic E-state index is 12.8. The number of likely N-dealkylation sites (tertiary alicyclic amines) is 1. The maximum Gasteiger partial charge on any atom is 0.321 e. The van der Waals surface area contributed by atoms with Crippen LogP contribution in [0, 0.1) is 11.8 Å². The Morgan fingerprint density at radius 2 is 1.77 bits per heavy atom. The van der Waals surface area contributed by atoms with Crippen molar-refractivity contribution in [1.29, 1.82) is 0 Å². The number of anilines is 2. The number of rotatable bonds is 6. The van der Waals surface area contributed by atoms with E-state index in [9.17, 15) is 9.59 Å². The molecule has 1 fully saturated rings. The van der Waals surface area contributed by atoms with Crippen LogP contribution in [0.3, 0.4) is 0 Å². The number of para-hydroxylation sites is 2. The highest BCUT2D eigenvalue weighted by Gasteiger charge is 2.30. The van der Waals surface area contributed by atoms with Gasteiger partial charge in [-0.1, -0.05) is 30.7 Å². The number of benzene rings is 2. The van der Waals surface area contributed by atoms with E-state index in [1.807, 2.05) is 38.1 Å². The summed E-state index contributed by atoms with van der Waals surface area (Å²) >= 11 is 5.88. The molecule has 0 saturated carbocycles. The molecule has 0 aromatic heterocycles. The summed E-state index contributed by atoms with van der Waals surface area (Å²) in [4.78, 5) is 27.1. The number of hydrogen-bond donors (Lipinski definition) is 2. The van der Waals surface area contributed by atoms with Gasteiger partial charge in [0.05, 0.1) is 12.3 Å². The molecule has 2 aromatic rings. The molecule has 2 aromatic carbocycles. The van der Waals surface area contributed by atoms with E-state index in [4.69, 9.17) is 16.3 Å². The number of carbonyl (C=O) groups is 2. The normalized spacial score (nSPS) is 15.4. The molecule has 30 heavy (non-hydrogen) atoms. The van der Waals surface area contributed by atoms with Crippen LogP contribution in [0.15, 0.2) is 48.5 Å². The minimum Gasteiger partial charge on any atom is -0.492 e. The van der Waals surface area contributed by atoms with E-state index in [2.05, 4.69) is 10.6 Å². The van der Waals surface area contributed by atoms with Crippen LogP contribution < -0.4 is 15.4 Å². The Bertz CT molecular complexity index is 864. The van der Waals surface area contributed by atoms with E-state index in [0.29, 0.717) is 41.8 Å². The summed E-state index contributed by atoms with van der Waals surface area (Å²) in [6, 6.07) is 14.4. The van der Waals surface area contributed by atoms with E-state index in [1.54, 1.807) is 29.2 Å². The van der Waals surface area contributed by atoms with Gasteiger partial charge < -0.3 is 20.3 Å². The number of carbonyl (C=O) groups excluding carboxylic acids is 2. The standard InChI is InChI=1S/C23H28ClN3O3/c1-3-30-21-7-5-4-6-20(21)26-22(28)16(2)17-12-14-27(15-13-17)23(29)25-19-10-8-18(24)9-11-19/h4-11,16-17H,3,12-15H2,1-2H3,(H,25,29)(H,26,28). The first-order chi connectivity index (χ1) is 14.5. The molecule has 0 bridgehead atoms. The van der Waals surface area contributed by atoms with Gasteiger partial charge in [-0.15, -0.1) is 0 Å². The van der Waals surface area contributed by atoms with Crippen molar-refractivity contribution in [3.05, 3.63) is 53.6 Å². The molecule has 1 aliphatic rings. The SMILES string of the molecule is CCOc1ccccc1NC(=O)C(C)C1CCN(C(=O)Nc2ccc(Cl)cc2)CC1. The summed E-state index contributed by atoms with van der Waals surface area (Å²) < 4.78 is 5.59. The molecule has 7 heteroatoms. The number of amides is 3. The van der Waals surface area contributed by atoms with Crippen LogP contribution in [0.2, 0.25) is 5.02 Å². The number of hydrogen-bond acceptors (Lipinski definition) is 3. The molecule has 0 aliphatic carbocycles. The first-order valence-electron chi connectivity index (χ1n) is 10.3. The molecule has 6 nitrogen and oxygen atoms in total. The monoisotopic (exact) mass is 429 g/mol. The molecule has 1 saturated heterocycles. The molecule has 0 spiro atoms. The Morgan fingerprint density at radius 3 is 2.43 bits per heavy atom. The predicted octanol–water partition coefficient (Wildman–Crippen LogP) is 5.26. The van der Waals surface area contributed by atoms with E-state index >= 15 is 0 Å². The van der Waals surface area contributed by atoms with Gasteiger partial charge >= 0.3 is 6.03 Å². The minimum atomic E-state index is -0.152. The summed E-state index contributed by atoms with van der Waals surface area (Å²) in [6.45, 7) is 5.65. The van der Waals surface area contributed by atoms with Crippen LogP contribution in [-0.2, 0) is 4.79 Å². The highest BCUT2D eigenvalue weighted by atomic mass is 35.5. The van der Waals surface area contributed by atoms with Gasteiger partial charge in [0.1, 0.15) is 5.75 Å². The number of piperidine rings is 1. The van der Waals surface area contributed by atoms with E-state index in [0.717, 1.165) is 12.8 Å². The lowest BCUT2D eigenvalue weighted by Crippen LogP contribution is -2.43. The van der Waals surface area contributed by atoms with Gasteiger partial charge in [0.2, 0.25) is 5.91 Å². The Labute approximate surface area is 182 Å². The minimum absolute atomic E-state index is 0.0220. The van der Waals surface area contributed by atoms with Crippen molar-refractivity contribution in [1.82, 2.24) is 4.90 Å². The third-order valence-electron chi connectivity index (χ3n) is 5.49. The van der Waals surface area contributed by atoms with E-state index < -0.39 is 0 Å². The quantitative estimate of drug-likeness (QED) is 0.658. The third kappa shape index (κ3) is 5.66. The van der Waals surface area contributed by atoms with Crippen LogP contribution in [0.1, 0.15) is 26.7 Å². The second-order valence-electron chi connectivity index (χ2n) is 7.47. The van der Waals surface area contributed by atoms with Crippen molar-refractivity contribution in [3.63, 3.8) is 0 Å². The Balaban J connectivity index is 1.51. The van der Waals surface area contributed by atoms with Gasteiger partial charge in [0, 0.05) is 29.7 Å². The number of halogens is 1. The summed E-state index contributed by atoms with van der Waals surface area (Å²) in [5, 5.41) is 6.52. The third-order valence-corrected chi connectivity index (χ3v) is 5.74. The first-order valence-corrected chi connectivity index (χ1v) is 10.7. The topological polar surface area (TPSA) is 70.7 Å². The zero-order valence-electron chi connectivity index (χ0n) is 17.4. The van der Waals surface area contributed by atoms with Gasteiger partial charge in [-0.05, 0) is 62.1 Å². The Kier molecular flexibility index (Phi) is 7.57. The molecular formula is C23H28ClN3O3. The lowest BCUT2D eigenvalue weighted by atomic mass is 9.85. The summed E-state index contributed by atoms with van der Waals surface area (Å²) in [5.74, 6) is 0.727. The van der Waals surface area contributed by atoms with Crippen molar-refractivity contribution >= 4 is 34.9 Å². The number of urea groups is 1. The van der Waals surface area contributed by atoms with E-state index in [1.165, 1.54) is 0 Å². The van der Waals surface area contributed by atoms with Gasteiger partial charge in [-0.25, -0.2) is 4.79 Å². The molecule has 1 unspecified atom stereocenters. The smallest absolute Gasteiger partial charge is 0.321 e. The maximum absolute atomic E-state index is 12.8. The van der Waals surface area contributed by atoms with Crippen LogP contribution in [-0.4, -0.2) is 36.5 Å². The van der Waals surface area contributed by atoms with Crippen LogP contribution >= 0.6 is 11.6 Å². The zero-order chi connectivity index (χ0) is 21.5. The highest BCUT2D eigenvalue weighted by Crippen LogP contribution is 2.29. The fraction of sp³-hybridized carbons (Fsp3) is 0.391. The number of ether oxygens (including phenoxy) is 1. The fourth-order valence-corrected chi connectivity index (χ4v) is 3.78.